The van der Waals surface area contributed by atoms with Gasteiger partial charge in [0, 0.05) is 23.9 Å². The highest BCUT2D eigenvalue weighted by Crippen LogP contribution is 2.43. The summed E-state index contributed by atoms with van der Waals surface area (Å²) in [5, 5.41) is 4.86. The van der Waals surface area contributed by atoms with Crippen molar-refractivity contribution < 1.29 is 14.3 Å². The van der Waals surface area contributed by atoms with E-state index in [0.29, 0.717) is 12.3 Å². The average Bonchev–Trinajstić information content (AvgIpc) is 3.52. The van der Waals surface area contributed by atoms with Gasteiger partial charge in [0.15, 0.2) is 0 Å². The minimum atomic E-state index is -0.102. The highest BCUT2D eigenvalue weighted by molar-refractivity contribution is 8.00. The molecule has 0 aliphatic carbocycles. The number of carbonyl (C=O) groups is 1. The first-order valence-electron chi connectivity index (χ1n) is 11.5. The average molecular weight is 486 g/mol. The molecule has 0 spiro atoms. The van der Waals surface area contributed by atoms with Crippen molar-refractivity contribution >= 4 is 17.7 Å². The Kier molecular flexibility index (Phi) is 6.77. The molecule has 1 atom stereocenters. The van der Waals surface area contributed by atoms with Crippen molar-refractivity contribution in [2.75, 3.05) is 26.5 Å². The van der Waals surface area contributed by atoms with Gasteiger partial charge < -0.3 is 14.4 Å². The maximum absolute atomic E-state index is 12.9. The first-order chi connectivity index (χ1) is 17.2. The zero-order chi connectivity index (χ0) is 24.2. The minimum absolute atomic E-state index is 0.102. The lowest BCUT2D eigenvalue weighted by Gasteiger charge is -2.24. The molecule has 178 valence electrons. The van der Waals surface area contributed by atoms with Crippen LogP contribution in [0.1, 0.15) is 16.5 Å². The second kappa shape index (κ2) is 10.3. The standard InChI is InChI=1S/C28H27N3O3S/c1-33-23-12-8-20(9-13-23)16-17-30-26(32)19-35-28(30)25-18-31(22-6-4-3-5-7-22)29-27(25)21-10-14-24(34-2)15-11-21/h3-15,18,28H,16-17,19H2,1-2H3. The summed E-state index contributed by atoms with van der Waals surface area (Å²) in [5.74, 6) is 2.24. The van der Waals surface area contributed by atoms with E-state index in [1.807, 2.05) is 76.3 Å². The van der Waals surface area contributed by atoms with E-state index in [4.69, 9.17) is 14.6 Å². The number of nitrogens with zero attached hydrogens (tertiary/aromatic N) is 3. The lowest BCUT2D eigenvalue weighted by Crippen LogP contribution is -2.30. The van der Waals surface area contributed by atoms with Crippen LogP contribution in [0.5, 0.6) is 11.5 Å². The van der Waals surface area contributed by atoms with E-state index in [2.05, 4.69) is 18.3 Å². The molecule has 35 heavy (non-hydrogen) atoms. The van der Waals surface area contributed by atoms with Gasteiger partial charge in [0.05, 0.1) is 31.4 Å². The molecule has 0 saturated carbocycles. The number of para-hydroxylation sites is 1. The summed E-state index contributed by atoms with van der Waals surface area (Å²) >= 11 is 1.66. The summed E-state index contributed by atoms with van der Waals surface area (Å²) in [7, 11) is 3.32. The summed E-state index contributed by atoms with van der Waals surface area (Å²) < 4.78 is 12.5. The Hall–Kier alpha value is -3.71. The molecule has 7 heteroatoms. The van der Waals surface area contributed by atoms with Gasteiger partial charge in [0.25, 0.3) is 0 Å². The molecule has 6 nitrogen and oxygen atoms in total. The molecule has 1 aliphatic heterocycles. The zero-order valence-electron chi connectivity index (χ0n) is 19.8. The van der Waals surface area contributed by atoms with Gasteiger partial charge in [-0.15, -0.1) is 11.8 Å². The maximum atomic E-state index is 12.9. The molecule has 1 saturated heterocycles. The van der Waals surface area contributed by atoms with Crippen LogP contribution in [0.4, 0.5) is 0 Å². The Morgan fingerprint density at radius 3 is 2.23 bits per heavy atom. The van der Waals surface area contributed by atoms with Crippen molar-refractivity contribution in [1.29, 1.82) is 0 Å². The van der Waals surface area contributed by atoms with Gasteiger partial charge in [-0.1, -0.05) is 30.3 Å². The number of carbonyl (C=O) groups excluding carboxylic acids is 1. The largest absolute Gasteiger partial charge is 0.497 e. The summed E-state index contributed by atoms with van der Waals surface area (Å²) in [4.78, 5) is 14.9. The Bertz CT molecular complexity index is 1290. The van der Waals surface area contributed by atoms with Crippen LogP contribution in [-0.4, -0.2) is 47.1 Å². The van der Waals surface area contributed by atoms with E-state index >= 15 is 0 Å². The van der Waals surface area contributed by atoms with E-state index in [1.165, 1.54) is 5.56 Å². The van der Waals surface area contributed by atoms with E-state index < -0.39 is 0 Å². The highest BCUT2D eigenvalue weighted by Gasteiger charge is 2.35. The van der Waals surface area contributed by atoms with Crippen molar-refractivity contribution in [3.05, 3.63) is 96.2 Å². The predicted molar refractivity (Wildman–Crippen MR) is 139 cm³/mol. The Labute approximate surface area is 209 Å². The number of benzene rings is 3. The molecule has 3 aromatic carbocycles. The molecule has 0 radical (unpaired) electrons. The van der Waals surface area contributed by atoms with Crippen molar-refractivity contribution in [2.24, 2.45) is 0 Å². The van der Waals surface area contributed by atoms with E-state index in [1.54, 1.807) is 26.0 Å². The van der Waals surface area contributed by atoms with Gasteiger partial charge in [-0.3, -0.25) is 4.79 Å². The van der Waals surface area contributed by atoms with Gasteiger partial charge >= 0.3 is 0 Å². The third kappa shape index (κ3) is 4.91. The first kappa shape index (κ1) is 23.1. The lowest BCUT2D eigenvalue weighted by atomic mass is 10.1. The van der Waals surface area contributed by atoms with Gasteiger partial charge in [-0.25, -0.2) is 4.68 Å². The van der Waals surface area contributed by atoms with Crippen molar-refractivity contribution in [3.63, 3.8) is 0 Å². The lowest BCUT2D eigenvalue weighted by molar-refractivity contribution is -0.128. The number of ether oxygens (including phenoxy) is 2. The second-order valence-electron chi connectivity index (χ2n) is 8.29. The van der Waals surface area contributed by atoms with E-state index in [0.717, 1.165) is 40.4 Å². The minimum Gasteiger partial charge on any atom is -0.497 e. The van der Waals surface area contributed by atoms with E-state index in [9.17, 15) is 4.79 Å². The molecule has 1 fully saturated rings. The van der Waals surface area contributed by atoms with Crippen molar-refractivity contribution in [2.45, 2.75) is 11.8 Å². The van der Waals surface area contributed by atoms with Gasteiger partial charge in [-0.05, 0) is 60.5 Å². The normalized spacial score (nSPS) is 15.4. The number of amides is 1. The summed E-state index contributed by atoms with van der Waals surface area (Å²) in [6, 6.07) is 26.0. The van der Waals surface area contributed by atoms with Crippen LogP contribution in [0.2, 0.25) is 0 Å². The fourth-order valence-corrected chi connectivity index (χ4v) is 5.47. The molecule has 5 rings (SSSR count). The Balaban J connectivity index is 1.47. The van der Waals surface area contributed by atoms with E-state index in [-0.39, 0.29) is 11.3 Å². The number of hydrogen-bond donors (Lipinski definition) is 0. The van der Waals surface area contributed by atoms with Crippen LogP contribution >= 0.6 is 11.8 Å². The van der Waals surface area contributed by atoms with Crippen LogP contribution in [0.15, 0.2) is 85.1 Å². The Morgan fingerprint density at radius 1 is 0.914 bits per heavy atom. The molecular weight excluding hydrogens is 458 g/mol. The van der Waals surface area contributed by atoms with Gasteiger partial charge in [0.2, 0.25) is 5.91 Å². The third-order valence-electron chi connectivity index (χ3n) is 6.16. The second-order valence-corrected chi connectivity index (χ2v) is 9.36. The van der Waals surface area contributed by atoms with Crippen LogP contribution < -0.4 is 9.47 Å². The fraction of sp³-hybridized carbons (Fsp3) is 0.214. The molecule has 2 heterocycles. The molecule has 1 aliphatic rings. The summed E-state index contributed by atoms with van der Waals surface area (Å²) in [6.45, 7) is 0.640. The van der Waals surface area contributed by atoms with Gasteiger partial charge in [0.1, 0.15) is 16.9 Å². The smallest absolute Gasteiger partial charge is 0.233 e. The van der Waals surface area contributed by atoms with Crippen molar-refractivity contribution in [3.8, 4) is 28.4 Å². The molecule has 1 aromatic heterocycles. The fourth-order valence-electron chi connectivity index (χ4n) is 4.25. The zero-order valence-corrected chi connectivity index (χ0v) is 20.6. The number of aromatic nitrogens is 2. The molecule has 1 amide bonds. The maximum Gasteiger partial charge on any atom is 0.233 e. The quantitative estimate of drug-likeness (QED) is 0.336. The Morgan fingerprint density at radius 2 is 1.57 bits per heavy atom. The summed E-state index contributed by atoms with van der Waals surface area (Å²) in [6.07, 6.45) is 2.84. The highest BCUT2D eigenvalue weighted by atomic mass is 32.2. The monoisotopic (exact) mass is 485 g/mol. The molecule has 0 bridgehead atoms. The molecule has 1 unspecified atom stereocenters. The first-order valence-corrected chi connectivity index (χ1v) is 12.5. The molecule has 0 N–H and O–H groups in total. The number of methoxy groups -OCH3 is 2. The topological polar surface area (TPSA) is 56.6 Å². The third-order valence-corrected chi connectivity index (χ3v) is 7.40. The molecular formula is C28H27N3O3S. The SMILES string of the molecule is COc1ccc(CCN2C(=O)CSC2c2cn(-c3ccccc3)nc2-c2ccc(OC)cc2)cc1. The predicted octanol–water partition coefficient (Wildman–Crippen LogP) is 5.37. The van der Waals surface area contributed by atoms with Crippen molar-refractivity contribution in [1.82, 2.24) is 14.7 Å². The van der Waals surface area contributed by atoms with Crippen LogP contribution in [0.25, 0.3) is 16.9 Å². The summed E-state index contributed by atoms with van der Waals surface area (Å²) in [5.41, 5.74) is 5.05. The van der Waals surface area contributed by atoms with Crippen LogP contribution in [0, 0.1) is 0 Å². The number of rotatable bonds is 8. The van der Waals surface area contributed by atoms with Crippen LogP contribution in [-0.2, 0) is 11.2 Å². The number of hydrogen-bond acceptors (Lipinski definition) is 5. The van der Waals surface area contributed by atoms with Gasteiger partial charge in [-0.2, -0.15) is 5.10 Å². The number of thioether (sulfide) groups is 1. The van der Waals surface area contributed by atoms with Crippen LogP contribution in [0.3, 0.4) is 0 Å². The molecule has 4 aromatic rings.